The average molecular weight is 790 g/mol. The van der Waals surface area contributed by atoms with Crippen LogP contribution in [0.2, 0.25) is 0 Å². The van der Waals surface area contributed by atoms with Crippen LogP contribution in [-0.2, 0) is 9.59 Å². The first-order chi connectivity index (χ1) is 27.3. The molecule has 0 radical (unpaired) electrons. The lowest BCUT2D eigenvalue weighted by atomic mass is 9.92. The topological polar surface area (TPSA) is 124 Å². The van der Waals surface area contributed by atoms with Gasteiger partial charge in [-0.3, -0.25) is 9.59 Å². The zero-order chi connectivity index (χ0) is 39.9. The number of amides is 2. The summed E-state index contributed by atoms with van der Waals surface area (Å²) in [6, 6.07) is 36.0. The van der Waals surface area contributed by atoms with E-state index in [2.05, 4.69) is 15.6 Å². The zero-order valence-electron chi connectivity index (χ0n) is 32.7. The number of amidine groups is 2. The molecule has 57 heavy (non-hydrogen) atoms. The largest absolute Gasteiger partial charge is 0.325 e. The van der Waals surface area contributed by atoms with Gasteiger partial charge in [-0.05, 0) is 46.2 Å². The van der Waals surface area contributed by atoms with E-state index in [0.717, 1.165) is 58.3 Å². The fourth-order valence-electron chi connectivity index (χ4n) is 6.86. The number of H-pyrrole nitrogens is 1. The van der Waals surface area contributed by atoms with Crippen molar-refractivity contribution in [1.82, 2.24) is 20.3 Å². The van der Waals surface area contributed by atoms with Crippen molar-refractivity contribution in [3.63, 3.8) is 0 Å². The van der Waals surface area contributed by atoms with Gasteiger partial charge in [0.05, 0.1) is 31.6 Å². The van der Waals surface area contributed by atoms with Crippen molar-refractivity contribution in [2.45, 2.75) is 54.4 Å². The first-order valence-corrected chi connectivity index (χ1v) is 20.5. The number of thiazole rings is 2. The fraction of sp³-hybridized carbons (Fsp3) is 0.217. The van der Waals surface area contributed by atoms with E-state index in [1.807, 2.05) is 151 Å². The summed E-state index contributed by atoms with van der Waals surface area (Å²) >= 11 is 3.10. The molecule has 0 aliphatic carbocycles. The first kappa shape index (κ1) is 37.9. The van der Waals surface area contributed by atoms with Crippen LogP contribution < -0.4 is 10.6 Å². The molecule has 286 valence electrons. The quantitative estimate of drug-likeness (QED) is 0.142. The number of hydrogen-bond donors (Lipinski definition) is 3. The second-order valence-electron chi connectivity index (χ2n) is 16.5. The van der Waals surface area contributed by atoms with Crippen LogP contribution in [-0.4, -0.2) is 38.4 Å². The molecule has 3 aromatic heterocycles. The van der Waals surface area contributed by atoms with E-state index < -0.39 is 0 Å². The van der Waals surface area contributed by atoms with E-state index in [1.165, 1.54) is 0 Å². The normalized spacial score (nSPS) is 14.1. The minimum Gasteiger partial charge on any atom is -0.325 e. The lowest BCUT2D eigenvalue weighted by Crippen LogP contribution is -2.33. The molecular formula is C46H43N7O2S2. The molecule has 7 aromatic rings. The number of aliphatic imine (C=N–C) groups is 2. The van der Waals surface area contributed by atoms with Crippen molar-refractivity contribution in [1.29, 1.82) is 0 Å². The van der Waals surface area contributed by atoms with Gasteiger partial charge in [0.2, 0.25) is 11.8 Å². The smallest absolute Gasteiger partial charge is 0.226 e. The number of hydrogen-bond acceptors (Lipinski definition) is 7. The van der Waals surface area contributed by atoms with Crippen LogP contribution in [0.15, 0.2) is 119 Å². The van der Waals surface area contributed by atoms with Crippen molar-refractivity contribution >= 4 is 89.4 Å². The third-order valence-electron chi connectivity index (χ3n) is 9.17. The van der Waals surface area contributed by atoms with Crippen molar-refractivity contribution < 1.29 is 9.59 Å². The monoisotopic (exact) mass is 789 g/mol. The highest BCUT2D eigenvalue weighted by Gasteiger charge is 2.33. The summed E-state index contributed by atoms with van der Waals surface area (Å²) in [5.41, 5.74) is 5.92. The number of aromatic amines is 1. The Labute approximate surface area is 339 Å². The van der Waals surface area contributed by atoms with E-state index in [4.69, 9.17) is 20.0 Å². The maximum Gasteiger partial charge on any atom is 0.226 e. The predicted octanol–water partition coefficient (Wildman–Crippen LogP) is 11.5. The van der Waals surface area contributed by atoms with E-state index in [-0.39, 0.29) is 22.6 Å². The molecule has 1 aliphatic rings. The molecule has 0 atom stereocenters. The van der Waals surface area contributed by atoms with Crippen LogP contribution in [0.1, 0.15) is 65.0 Å². The van der Waals surface area contributed by atoms with E-state index in [1.54, 1.807) is 22.7 Å². The molecule has 4 heterocycles. The molecular weight excluding hydrogens is 747 g/mol. The second kappa shape index (κ2) is 15.1. The van der Waals surface area contributed by atoms with Gasteiger partial charge < -0.3 is 15.6 Å². The standard InChI is InChI=1S/C46H43N7O2S2/c1-45(2,3)25-33(54)49-41-37(43-47-29-21-13-15-23-31(29)56-43)35(27-17-9-7-10-18-27)39(52-41)51-40-36(28-19-11-8-12-20-28)38(42(53-40)50-34(55)26-46(4,5)6)44-48-30-22-14-16-24-32(30)57-44/h7-24,52H,25-26H2,1-6H3,(H,49,54)(H,50,51,53,55). The number of nitrogens with one attached hydrogen (secondary N) is 3. The summed E-state index contributed by atoms with van der Waals surface area (Å²) in [5, 5.41) is 7.82. The number of para-hydroxylation sites is 2. The minimum absolute atomic E-state index is 0.129. The van der Waals surface area contributed by atoms with Crippen LogP contribution in [0.4, 0.5) is 11.6 Å². The van der Waals surface area contributed by atoms with Crippen molar-refractivity contribution in [2.24, 2.45) is 20.8 Å². The molecule has 3 N–H and O–H groups in total. The summed E-state index contributed by atoms with van der Waals surface area (Å²) < 4.78 is 2.04. The van der Waals surface area contributed by atoms with Crippen LogP contribution >= 0.6 is 22.7 Å². The van der Waals surface area contributed by atoms with Gasteiger partial charge in [0, 0.05) is 24.0 Å². The van der Waals surface area contributed by atoms with Gasteiger partial charge in [-0.15, -0.1) is 22.7 Å². The number of carbonyl (C=O) groups is 2. The Balaban J connectivity index is 1.40. The molecule has 11 heteroatoms. The summed E-state index contributed by atoms with van der Waals surface area (Å²) in [7, 11) is 0. The van der Waals surface area contributed by atoms with Gasteiger partial charge >= 0.3 is 0 Å². The second-order valence-corrected chi connectivity index (χ2v) is 18.6. The number of aromatic nitrogens is 3. The molecule has 2 amide bonds. The van der Waals surface area contributed by atoms with E-state index in [0.29, 0.717) is 41.7 Å². The van der Waals surface area contributed by atoms with Gasteiger partial charge in [-0.25, -0.2) is 20.0 Å². The van der Waals surface area contributed by atoms with Crippen LogP contribution in [0.5, 0.6) is 0 Å². The SMILES string of the molecule is CC(C)(C)CC(=O)NC1=NC(=Nc2[nH]c(NC(=O)CC(C)(C)C)c(-c3nc4ccccc4s3)c2-c2ccccc2)C(c2ccccc2)=C1c1nc2ccccc2s1. The molecule has 0 spiro atoms. The van der Waals surface area contributed by atoms with Gasteiger partial charge in [-0.1, -0.05) is 126 Å². The van der Waals surface area contributed by atoms with Gasteiger partial charge in [0.15, 0.2) is 5.84 Å². The molecule has 0 saturated heterocycles. The van der Waals surface area contributed by atoms with Crippen LogP contribution in [0.25, 0.3) is 53.3 Å². The predicted molar refractivity (Wildman–Crippen MR) is 237 cm³/mol. The van der Waals surface area contributed by atoms with Gasteiger partial charge in [0.25, 0.3) is 0 Å². The number of carbonyl (C=O) groups excluding carboxylic acids is 2. The zero-order valence-corrected chi connectivity index (χ0v) is 34.4. The fourth-order valence-corrected chi connectivity index (χ4v) is 8.90. The lowest BCUT2D eigenvalue weighted by Gasteiger charge is -2.17. The third-order valence-corrected chi connectivity index (χ3v) is 11.3. The summed E-state index contributed by atoms with van der Waals surface area (Å²) in [4.78, 5) is 51.5. The highest BCUT2D eigenvalue weighted by molar-refractivity contribution is 7.21. The molecule has 0 fully saturated rings. The molecule has 0 saturated carbocycles. The number of fused-ring (bicyclic) bond motifs is 2. The number of rotatable bonds is 8. The summed E-state index contributed by atoms with van der Waals surface area (Å²) in [5.74, 6) is 1.48. The average Bonchev–Trinajstić information content (AvgIpc) is 3.93. The first-order valence-electron chi connectivity index (χ1n) is 18.9. The molecule has 9 nitrogen and oxygen atoms in total. The van der Waals surface area contributed by atoms with Crippen LogP contribution in [0, 0.1) is 10.8 Å². The Morgan fingerprint density at radius 3 is 1.70 bits per heavy atom. The maximum absolute atomic E-state index is 13.7. The number of benzene rings is 4. The Bertz CT molecular complexity index is 2680. The van der Waals surface area contributed by atoms with Crippen molar-refractivity contribution in [3.8, 4) is 21.7 Å². The Morgan fingerprint density at radius 2 is 1.12 bits per heavy atom. The number of anilines is 1. The third kappa shape index (κ3) is 8.26. The van der Waals surface area contributed by atoms with Crippen molar-refractivity contribution in [3.05, 3.63) is 120 Å². The van der Waals surface area contributed by atoms with E-state index >= 15 is 0 Å². The molecule has 1 aliphatic heterocycles. The van der Waals surface area contributed by atoms with E-state index in [9.17, 15) is 9.59 Å². The minimum atomic E-state index is -0.248. The van der Waals surface area contributed by atoms with Crippen LogP contribution in [0.3, 0.4) is 0 Å². The maximum atomic E-state index is 13.7. The Morgan fingerprint density at radius 1 is 0.614 bits per heavy atom. The Kier molecular flexibility index (Phi) is 10.1. The summed E-state index contributed by atoms with van der Waals surface area (Å²) in [6.45, 7) is 12.2. The van der Waals surface area contributed by atoms with Crippen molar-refractivity contribution in [2.75, 3.05) is 5.32 Å². The van der Waals surface area contributed by atoms with Gasteiger partial charge in [-0.2, -0.15) is 0 Å². The number of nitrogens with zero attached hydrogens (tertiary/aromatic N) is 4. The summed E-state index contributed by atoms with van der Waals surface area (Å²) in [6.07, 6.45) is 0.606. The van der Waals surface area contributed by atoms with Gasteiger partial charge in [0.1, 0.15) is 27.5 Å². The Hall–Kier alpha value is -6.04. The molecule has 0 bridgehead atoms. The highest BCUT2D eigenvalue weighted by Crippen LogP contribution is 2.48. The lowest BCUT2D eigenvalue weighted by molar-refractivity contribution is -0.121. The highest BCUT2D eigenvalue weighted by atomic mass is 32.1. The molecule has 0 unspecified atom stereocenters. The molecule has 4 aromatic carbocycles. The molecule has 8 rings (SSSR count).